The van der Waals surface area contributed by atoms with Gasteiger partial charge in [0.1, 0.15) is 0 Å². The van der Waals surface area contributed by atoms with Gasteiger partial charge < -0.3 is 9.64 Å². The highest BCUT2D eigenvalue weighted by molar-refractivity contribution is 7.89. The molecule has 8 nitrogen and oxygen atoms in total. The first kappa shape index (κ1) is 29.8. The summed E-state index contributed by atoms with van der Waals surface area (Å²) < 4.78 is 34.4. The van der Waals surface area contributed by atoms with Crippen molar-refractivity contribution in [3.05, 3.63) is 53.1 Å². The van der Waals surface area contributed by atoms with Crippen LogP contribution in [0.2, 0.25) is 5.02 Å². The normalized spacial score (nSPS) is 18.6. The maximum atomic E-state index is 13.6. The SMILES string of the molecule is CC1CN(S(=O)(=O)c2ccc(C(=O)N(CCCN(C)C)c3nc4ccc(Cl)cc4s3)cc2)CC(C)O1.Cl. The fourth-order valence-corrected chi connectivity index (χ4v) is 7.09. The zero-order valence-corrected chi connectivity index (χ0v) is 24.5. The van der Waals surface area contributed by atoms with Crippen molar-refractivity contribution in [2.45, 2.75) is 37.4 Å². The molecule has 0 radical (unpaired) electrons. The van der Waals surface area contributed by atoms with E-state index >= 15 is 0 Å². The number of fused-ring (bicyclic) bond motifs is 1. The van der Waals surface area contributed by atoms with Crippen LogP contribution >= 0.6 is 35.3 Å². The third-order valence-corrected chi connectivity index (χ3v) is 9.05. The van der Waals surface area contributed by atoms with Crippen LogP contribution in [0.25, 0.3) is 10.2 Å². The van der Waals surface area contributed by atoms with Crippen LogP contribution in [0.1, 0.15) is 30.6 Å². The number of amides is 1. The highest BCUT2D eigenvalue weighted by Crippen LogP contribution is 2.32. The third kappa shape index (κ3) is 7.00. The maximum Gasteiger partial charge on any atom is 0.260 e. The molecule has 2 atom stereocenters. The molecule has 1 aliphatic heterocycles. The topological polar surface area (TPSA) is 83.1 Å². The number of anilines is 1. The van der Waals surface area contributed by atoms with Gasteiger partial charge in [-0.15, -0.1) is 12.4 Å². The molecule has 12 heteroatoms. The lowest BCUT2D eigenvalue weighted by Crippen LogP contribution is -2.48. The Morgan fingerprint density at radius 2 is 1.76 bits per heavy atom. The zero-order chi connectivity index (χ0) is 26.0. The smallest absolute Gasteiger partial charge is 0.260 e. The lowest BCUT2D eigenvalue weighted by Gasteiger charge is -2.34. The first-order valence-electron chi connectivity index (χ1n) is 11.8. The summed E-state index contributed by atoms with van der Waals surface area (Å²) in [5.74, 6) is -0.225. The Labute approximate surface area is 233 Å². The average Bonchev–Trinajstić information content (AvgIpc) is 3.23. The number of nitrogens with zero attached hydrogens (tertiary/aromatic N) is 4. The summed E-state index contributed by atoms with van der Waals surface area (Å²) in [5.41, 5.74) is 1.18. The van der Waals surface area contributed by atoms with Gasteiger partial charge in [-0.1, -0.05) is 22.9 Å². The number of halogens is 2. The minimum Gasteiger partial charge on any atom is -0.373 e. The fraction of sp³-hybridized carbons (Fsp3) is 0.440. The summed E-state index contributed by atoms with van der Waals surface area (Å²) >= 11 is 7.55. The highest BCUT2D eigenvalue weighted by atomic mass is 35.5. The number of ether oxygens (including phenoxy) is 1. The molecule has 1 fully saturated rings. The number of aromatic nitrogens is 1. The van der Waals surface area contributed by atoms with E-state index in [1.165, 1.54) is 27.8 Å². The van der Waals surface area contributed by atoms with E-state index in [1.807, 2.05) is 40.1 Å². The van der Waals surface area contributed by atoms with E-state index in [9.17, 15) is 13.2 Å². The quantitative estimate of drug-likeness (QED) is 0.378. The predicted octanol–water partition coefficient (Wildman–Crippen LogP) is 4.77. The van der Waals surface area contributed by atoms with Crippen LogP contribution in [-0.4, -0.2) is 81.0 Å². The first-order chi connectivity index (χ1) is 17.0. The van der Waals surface area contributed by atoms with Crippen molar-refractivity contribution >= 4 is 66.6 Å². The molecule has 0 N–H and O–H groups in total. The van der Waals surface area contributed by atoms with Gasteiger partial charge in [0.15, 0.2) is 5.13 Å². The molecule has 4 rings (SSSR count). The van der Waals surface area contributed by atoms with Crippen molar-refractivity contribution in [2.75, 3.05) is 45.2 Å². The molecule has 2 aromatic carbocycles. The van der Waals surface area contributed by atoms with Gasteiger partial charge in [-0.25, -0.2) is 13.4 Å². The molecule has 0 spiro atoms. The second-order valence-electron chi connectivity index (χ2n) is 9.33. The van der Waals surface area contributed by atoms with Crippen molar-refractivity contribution < 1.29 is 17.9 Å². The van der Waals surface area contributed by atoms with E-state index in [-0.39, 0.29) is 35.4 Å². The number of sulfonamides is 1. The van der Waals surface area contributed by atoms with Gasteiger partial charge in [0, 0.05) is 30.2 Å². The highest BCUT2D eigenvalue weighted by Gasteiger charge is 2.32. The molecule has 1 aromatic heterocycles. The van der Waals surface area contributed by atoms with Crippen molar-refractivity contribution in [3.8, 4) is 0 Å². The second kappa shape index (κ2) is 12.4. The van der Waals surface area contributed by atoms with E-state index in [0.717, 1.165) is 23.2 Å². The lowest BCUT2D eigenvalue weighted by molar-refractivity contribution is -0.0440. The van der Waals surface area contributed by atoms with Gasteiger partial charge in [-0.2, -0.15) is 4.31 Å². The Kier molecular flexibility index (Phi) is 9.96. The van der Waals surface area contributed by atoms with Gasteiger partial charge in [0.2, 0.25) is 10.0 Å². The number of carbonyl (C=O) groups excluding carboxylic acids is 1. The van der Waals surface area contributed by atoms with Crippen molar-refractivity contribution in [1.29, 1.82) is 0 Å². The minimum absolute atomic E-state index is 0. The Morgan fingerprint density at radius 1 is 1.11 bits per heavy atom. The molecule has 0 aliphatic carbocycles. The summed E-state index contributed by atoms with van der Waals surface area (Å²) in [5, 5.41) is 1.20. The molecule has 202 valence electrons. The molecular weight excluding hydrogens is 555 g/mol. The lowest BCUT2D eigenvalue weighted by atomic mass is 10.2. The summed E-state index contributed by atoms with van der Waals surface area (Å²) in [6.07, 6.45) is 0.405. The monoisotopic (exact) mass is 586 g/mol. The van der Waals surface area contributed by atoms with Crippen LogP contribution in [0.15, 0.2) is 47.4 Å². The van der Waals surface area contributed by atoms with Crippen molar-refractivity contribution in [1.82, 2.24) is 14.2 Å². The van der Waals surface area contributed by atoms with E-state index < -0.39 is 10.0 Å². The van der Waals surface area contributed by atoms with Gasteiger partial charge >= 0.3 is 0 Å². The Hall–Kier alpha value is -1.79. The number of benzene rings is 2. The first-order valence-corrected chi connectivity index (χ1v) is 14.5. The van der Waals surface area contributed by atoms with Crippen LogP contribution in [0.5, 0.6) is 0 Å². The van der Waals surface area contributed by atoms with Crippen LogP contribution < -0.4 is 4.90 Å². The molecule has 0 bridgehead atoms. The van der Waals surface area contributed by atoms with Crippen LogP contribution in [-0.2, 0) is 14.8 Å². The minimum atomic E-state index is -3.69. The Bertz CT molecular complexity index is 1320. The van der Waals surface area contributed by atoms with Crippen molar-refractivity contribution in [3.63, 3.8) is 0 Å². The number of rotatable bonds is 8. The number of carbonyl (C=O) groups is 1. The molecule has 2 heterocycles. The van der Waals surface area contributed by atoms with Gasteiger partial charge in [0.25, 0.3) is 5.91 Å². The number of morpholine rings is 1. The van der Waals surface area contributed by atoms with Crippen LogP contribution in [0, 0.1) is 0 Å². The van der Waals surface area contributed by atoms with Crippen molar-refractivity contribution in [2.24, 2.45) is 0 Å². The van der Waals surface area contributed by atoms with Gasteiger partial charge in [0.05, 0.1) is 27.3 Å². The standard InChI is InChI=1S/C25H31ClN4O4S2.ClH/c1-17-15-29(16-18(2)34-17)36(32,33)21-9-6-19(7-10-21)24(31)30(13-5-12-28(3)4)25-27-22-11-8-20(26)14-23(22)35-25;/h6-11,14,17-18H,5,12-13,15-16H2,1-4H3;1H. The molecule has 1 saturated heterocycles. The summed E-state index contributed by atoms with van der Waals surface area (Å²) in [6, 6.07) is 11.6. The zero-order valence-electron chi connectivity index (χ0n) is 21.3. The van der Waals surface area contributed by atoms with E-state index in [4.69, 9.17) is 16.3 Å². The van der Waals surface area contributed by atoms with Crippen LogP contribution in [0.4, 0.5) is 5.13 Å². The predicted molar refractivity (Wildman–Crippen MR) is 152 cm³/mol. The van der Waals surface area contributed by atoms with E-state index in [1.54, 1.807) is 23.1 Å². The van der Waals surface area contributed by atoms with E-state index in [0.29, 0.717) is 35.4 Å². The molecule has 37 heavy (non-hydrogen) atoms. The molecule has 3 aromatic rings. The molecular formula is C25H32Cl2N4O4S2. The average molecular weight is 588 g/mol. The molecule has 0 saturated carbocycles. The number of hydrogen-bond acceptors (Lipinski definition) is 7. The van der Waals surface area contributed by atoms with E-state index in [2.05, 4.69) is 9.88 Å². The van der Waals surface area contributed by atoms with Gasteiger partial charge in [-0.05, 0) is 83.4 Å². The third-order valence-electron chi connectivity index (χ3n) is 5.93. The number of thiazole rings is 1. The molecule has 1 amide bonds. The molecule has 1 aliphatic rings. The summed E-state index contributed by atoms with van der Waals surface area (Å²) in [4.78, 5) is 22.1. The molecule has 2 unspecified atom stereocenters. The summed E-state index contributed by atoms with van der Waals surface area (Å²) in [6.45, 7) is 5.62. The fourth-order valence-electron chi connectivity index (χ4n) is 4.23. The second-order valence-corrected chi connectivity index (χ2v) is 12.7. The summed E-state index contributed by atoms with van der Waals surface area (Å²) in [7, 11) is 0.286. The largest absolute Gasteiger partial charge is 0.373 e. The Morgan fingerprint density at radius 3 is 2.38 bits per heavy atom. The van der Waals surface area contributed by atoms with Gasteiger partial charge in [-0.3, -0.25) is 9.69 Å². The number of hydrogen-bond donors (Lipinski definition) is 0. The Balaban J connectivity index is 0.00000380. The van der Waals surface area contributed by atoms with Crippen LogP contribution in [0.3, 0.4) is 0 Å². The maximum absolute atomic E-state index is 13.6.